The number of benzene rings is 3. The van der Waals surface area contributed by atoms with Gasteiger partial charge in [0.15, 0.2) is 0 Å². The smallest absolute Gasteiger partial charge is 1.00 e. The number of fused-ring (bicyclic) bond motifs is 1. The van der Waals surface area contributed by atoms with E-state index in [1.165, 1.54) is 5.56 Å². The molecule has 1 aromatic heterocycles. The minimum Gasteiger partial charge on any atom is -1.00 e. The largest absolute Gasteiger partial charge is 1.00 e. The van der Waals surface area contributed by atoms with Gasteiger partial charge in [0.2, 0.25) is 0 Å². The van der Waals surface area contributed by atoms with Crippen LogP contribution in [-0.4, -0.2) is 26.9 Å². The van der Waals surface area contributed by atoms with E-state index in [1.807, 2.05) is 74.1 Å². The first kappa shape index (κ1) is 33.4. The second-order valence-corrected chi connectivity index (χ2v) is 13.3. The third kappa shape index (κ3) is 9.02. The molecule has 0 saturated heterocycles. The minimum atomic E-state index is -0.911. The molecule has 1 saturated carbocycles. The van der Waals surface area contributed by atoms with Gasteiger partial charge in [-0.1, -0.05) is 78.3 Å². The monoisotopic (exact) mass is 625 g/mol. The fourth-order valence-corrected chi connectivity index (χ4v) is 7.09. The first-order valence-corrected chi connectivity index (χ1v) is 15.5. The van der Waals surface area contributed by atoms with E-state index in [-0.39, 0.29) is 69.9 Å². The second kappa shape index (κ2) is 14.5. The number of halogens is 1. The van der Waals surface area contributed by atoms with Crippen LogP contribution < -0.4 is 51.4 Å². The van der Waals surface area contributed by atoms with Crippen LogP contribution >= 0.6 is 23.4 Å². The Morgan fingerprint density at radius 1 is 1.07 bits per heavy atom. The molecule has 0 radical (unpaired) electrons. The number of aliphatic hydroxyl groups is 1. The van der Waals surface area contributed by atoms with Crippen LogP contribution in [0.5, 0.6) is 0 Å². The molecule has 0 aliphatic heterocycles. The van der Waals surface area contributed by atoms with Crippen molar-refractivity contribution in [3.63, 3.8) is 0 Å². The van der Waals surface area contributed by atoms with Crippen LogP contribution in [0.15, 0.2) is 78.9 Å². The van der Waals surface area contributed by atoms with Crippen LogP contribution in [0.3, 0.4) is 0 Å². The van der Waals surface area contributed by atoms with Gasteiger partial charge in [0, 0.05) is 21.4 Å². The van der Waals surface area contributed by atoms with Crippen LogP contribution in [-0.2, 0) is 16.8 Å². The second-order valence-electron chi connectivity index (χ2n) is 11.7. The molecule has 3 aromatic carbocycles. The van der Waals surface area contributed by atoms with Crippen LogP contribution in [0.1, 0.15) is 74.2 Å². The number of rotatable bonds is 12. The maximum Gasteiger partial charge on any atom is 1.00 e. The van der Waals surface area contributed by atoms with E-state index in [4.69, 9.17) is 16.6 Å². The Hall–Kier alpha value is -1.48. The molecule has 0 bridgehead atoms. The average molecular weight is 626 g/mol. The number of hydrogen-bond donors (Lipinski definition) is 2. The van der Waals surface area contributed by atoms with Gasteiger partial charge in [-0.25, -0.2) is 4.98 Å². The van der Waals surface area contributed by atoms with E-state index in [9.17, 15) is 15.0 Å². The summed E-state index contributed by atoms with van der Waals surface area (Å²) < 4.78 is 0. The number of aryl methyl sites for hydroxylation is 1. The van der Waals surface area contributed by atoms with Crippen molar-refractivity contribution in [2.75, 3.05) is 5.75 Å². The number of pyridine rings is 1. The number of aliphatic carboxylic acids is 1. The molecule has 214 valence electrons. The molecule has 2 N–H and O–H groups in total. The Morgan fingerprint density at radius 2 is 1.83 bits per heavy atom. The zero-order chi connectivity index (χ0) is 29.0. The number of carboxylic acids is 1. The zero-order valence-corrected chi connectivity index (χ0v) is 29.2. The first-order valence-electron chi connectivity index (χ1n) is 14.1. The molecule has 1 aliphatic carbocycles. The number of nitrogens with zero attached hydrogens (tertiary/aromatic N) is 1. The molecule has 7 heteroatoms. The van der Waals surface area contributed by atoms with Crippen molar-refractivity contribution in [3.8, 4) is 0 Å². The summed E-state index contributed by atoms with van der Waals surface area (Å²) in [6, 6.07) is 26.5. The molecule has 0 spiro atoms. The molecule has 1 fully saturated rings. The maximum atomic E-state index is 11.5. The summed E-state index contributed by atoms with van der Waals surface area (Å²) in [7, 11) is 0. The van der Waals surface area contributed by atoms with Crippen molar-refractivity contribution in [1.29, 1.82) is 0 Å². The van der Waals surface area contributed by atoms with Gasteiger partial charge in [-0.15, -0.1) is 0 Å². The van der Waals surface area contributed by atoms with E-state index in [0.717, 1.165) is 64.7 Å². The van der Waals surface area contributed by atoms with Crippen molar-refractivity contribution in [1.82, 2.24) is 4.98 Å². The Labute approximate surface area is 301 Å². The summed E-state index contributed by atoms with van der Waals surface area (Å²) in [5, 5.41) is 22.1. The Kier molecular flexibility index (Phi) is 11.6. The minimum absolute atomic E-state index is 0. The molecule has 5 rings (SSSR count). The number of hydrogen-bond acceptors (Lipinski definition) is 4. The van der Waals surface area contributed by atoms with Crippen molar-refractivity contribution in [3.05, 3.63) is 112 Å². The van der Waals surface area contributed by atoms with Gasteiger partial charge in [0.25, 0.3) is 0 Å². The molecule has 1 atom stereocenters. The quantitative estimate of drug-likeness (QED) is 0.187. The van der Waals surface area contributed by atoms with Gasteiger partial charge in [0.1, 0.15) is 0 Å². The van der Waals surface area contributed by atoms with Crippen LogP contribution in [0.4, 0.5) is 0 Å². The summed E-state index contributed by atoms with van der Waals surface area (Å²) in [5.74, 6) is 0.122. The SMILES string of the molecule is CC(C)(O)c1ccccc1CC[C@@H](SCC1(CC(=O)O)CC1)c1cccc(/C=C/c2ccc3ccc(Cl)cc3n2)c1.[H-].[K+]. The molecular weight excluding hydrogens is 589 g/mol. The molecule has 42 heavy (non-hydrogen) atoms. The Balaban J connectivity index is 0.00000253. The summed E-state index contributed by atoms with van der Waals surface area (Å²) in [5.41, 5.74) is 5.15. The number of carboxylic acid groups (broad SMARTS) is 1. The van der Waals surface area contributed by atoms with E-state index in [1.54, 1.807) is 0 Å². The molecule has 0 amide bonds. The molecule has 0 unspecified atom stereocenters. The van der Waals surface area contributed by atoms with Crippen molar-refractivity contribution >= 4 is 52.4 Å². The summed E-state index contributed by atoms with van der Waals surface area (Å²) in [4.78, 5) is 16.2. The van der Waals surface area contributed by atoms with E-state index in [2.05, 4.69) is 42.5 Å². The Morgan fingerprint density at radius 3 is 2.57 bits per heavy atom. The predicted octanol–water partition coefficient (Wildman–Crippen LogP) is 6.06. The van der Waals surface area contributed by atoms with Gasteiger partial charge in [-0.3, -0.25) is 4.79 Å². The molecule has 1 aliphatic rings. The molecular formula is C35H37ClKNO3S. The average Bonchev–Trinajstić information content (AvgIpc) is 3.70. The summed E-state index contributed by atoms with van der Waals surface area (Å²) >= 11 is 8.04. The van der Waals surface area contributed by atoms with Gasteiger partial charge >= 0.3 is 57.4 Å². The Bertz CT molecular complexity index is 1590. The topological polar surface area (TPSA) is 70.4 Å². The number of aromatic nitrogens is 1. The first-order chi connectivity index (χ1) is 19.6. The van der Waals surface area contributed by atoms with Crippen molar-refractivity contribution in [2.45, 2.75) is 56.8 Å². The van der Waals surface area contributed by atoms with Gasteiger partial charge in [-0.2, -0.15) is 11.8 Å². The van der Waals surface area contributed by atoms with Crippen molar-refractivity contribution in [2.24, 2.45) is 5.41 Å². The summed E-state index contributed by atoms with van der Waals surface area (Å²) in [6.07, 6.45) is 8.02. The fraction of sp³-hybridized carbons (Fsp3) is 0.314. The van der Waals surface area contributed by atoms with E-state index < -0.39 is 11.6 Å². The summed E-state index contributed by atoms with van der Waals surface area (Å²) in [6.45, 7) is 3.66. The van der Waals surface area contributed by atoms with Crippen LogP contribution in [0.25, 0.3) is 23.1 Å². The molecule has 4 nitrogen and oxygen atoms in total. The molecule has 4 aromatic rings. The number of carbonyl (C=O) groups is 1. The number of thioether (sulfide) groups is 1. The van der Waals surface area contributed by atoms with Gasteiger partial charge in [0.05, 0.1) is 23.2 Å². The predicted molar refractivity (Wildman–Crippen MR) is 172 cm³/mol. The van der Waals surface area contributed by atoms with Gasteiger partial charge < -0.3 is 11.6 Å². The zero-order valence-electron chi connectivity index (χ0n) is 25.5. The standard InChI is InChI=1S/C35H36ClNO3S.K.H/c1-34(2,40)30-9-4-3-7-25(30)13-17-32(41-23-35(18-19-35)22-33(38)39)27-8-5-6-24(20-27)10-15-29-16-12-26-11-14-28(36)21-31(26)37-29;;/h3-12,14-16,20-21,32,40H,13,17-19,22-23H2,1-2H3,(H,38,39);;/q;+1;-1/b15-10+;;/t32-;;/m1../s1. The van der Waals surface area contributed by atoms with E-state index in [0.29, 0.717) is 5.02 Å². The fourth-order valence-electron chi connectivity index (χ4n) is 5.36. The third-order valence-electron chi connectivity index (χ3n) is 7.83. The van der Waals surface area contributed by atoms with Crippen LogP contribution in [0.2, 0.25) is 5.02 Å². The van der Waals surface area contributed by atoms with Gasteiger partial charge in [-0.05, 0) is 91.5 Å². The normalized spacial score (nSPS) is 15.0. The van der Waals surface area contributed by atoms with Crippen LogP contribution in [0, 0.1) is 5.41 Å². The van der Waals surface area contributed by atoms with E-state index >= 15 is 0 Å². The molecule has 1 heterocycles. The van der Waals surface area contributed by atoms with Crippen molar-refractivity contribution < 1.29 is 67.8 Å². The third-order valence-corrected chi connectivity index (χ3v) is 9.76. The maximum absolute atomic E-state index is 11.5.